The number of carboxylic acids is 1. The summed E-state index contributed by atoms with van der Waals surface area (Å²) in [6, 6.07) is 4.46. The van der Waals surface area contributed by atoms with Crippen molar-refractivity contribution in [3.63, 3.8) is 0 Å². The van der Waals surface area contributed by atoms with Gasteiger partial charge in [0.1, 0.15) is 5.82 Å². The van der Waals surface area contributed by atoms with Gasteiger partial charge in [-0.15, -0.1) is 0 Å². The number of hydrogen-bond donors (Lipinski definition) is 2. The average Bonchev–Trinajstić information content (AvgIpc) is 2.22. The van der Waals surface area contributed by atoms with Crippen LogP contribution in [-0.2, 0) is 11.2 Å². The number of aliphatic carboxylic acids is 1. The normalized spacial score (nSPS) is 10.9. The Hall–Kier alpha value is -1.68. The minimum absolute atomic E-state index is 0.208. The third kappa shape index (κ3) is 3.82. The zero-order chi connectivity index (χ0) is 12.0. The molecule has 0 aliphatic rings. The van der Waals surface area contributed by atoms with Crippen molar-refractivity contribution in [1.82, 2.24) is 5.32 Å². The van der Waals surface area contributed by atoms with Gasteiger partial charge >= 0.3 is 5.97 Å². The van der Waals surface area contributed by atoms with Gasteiger partial charge in [0.15, 0.2) is 0 Å². The highest BCUT2D eigenvalue weighted by molar-refractivity contribution is 5.70. The summed E-state index contributed by atoms with van der Waals surface area (Å²) in [7, 11) is 1.82. The third-order valence-electron chi connectivity index (χ3n) is 2.04. The highest BCUT2D eigenvalue weighted by atomic mass is 19.1. The molecule has 0 radical (unpaired) electrons. The maximum Gasteiger partial charge on any atom is 0.307 e. The van der Waals surface area contributed by atoms with Crippen LogP contribution in [0.4, 0.5) is 4.39 Å². The van der Waals surface area contributed by atoms with Crippen LogP contribution in [0.25, 0.3) is 6.08 Å². The van der Waals surface area contributed by atoms with Crippen molar-refractivity contribution in [3.8, 4) is 0 Å². The Bertz CT molecular complexity index is 402. The predicted molar refractivity (Wildman–Crippen MR) is 60.7 cm³/mol. The summed E-state index contributed by atoms with van der Waals surface area (Å²) in [5.41, 5.74) is 1.01. The molecule has 0 spiro atoms. The van der Waals surface area contributed by atoms with Gasteiger partial charge < -0.3 is 10.4 Å². The molecule has 0 fully saturated rings. The van der Waals surface area contributed by atoms with E-state index in [0.717, 1.165) is 5.56 Å². The fourth-order valence-electron chi connectivity index (χ4n) is 1.31. The highest BCUT2D eigenvalue weighted by Crippen LogP contribution is 2.12. The van der Waals surface area contributed by atoms with Gasteiger partial charge in [-0.2, -0.15) is 0 Å². The summed E-state index contributed by atoms with van der Waals surface area (Å²) in [5.74, 6) is -1.51. The van der Waals surface area contributed by atoms with E-state index in [2.05, 4.69) is 5.32 Å². The van der Waals surface area contributed by atoms with Gasteiger partial charge in [-0.25, -0.2) is 4.39 Å². The molecule has 0 atom stereocenters. The molecule has 1 aromatic rings. The third-order valence-corrected chi connectivity index (χ3v) is 2.04. The topological polar surface area (TPSA) is 49.3 Å². The highest BCUT2D eigenvalue weighted by Gasteiger charge is 2.06. The fourth-order valence-corrected chi connectivity index (χ4v) is 1.31. The average molecular weight is 223 g/mol. The van der Waals surface area contributed by atoms with Crippen LogP contribution in [0.2, 0.25) is 0 Å². The minimum Gasteiger partial charge on any atom is -0.481 e. The number of rotatable bonds is 5. The lowest BCUT2D eigenvalue weighted by Gasteiger charge is -2.01. The summed E-state index contributed by atoms with van der Waals surface area (Å²) >= 11 is 0. The van der Waals surface area contributed by atoms with Crippen molar-refractivity contribution in [3.05, 3.63) is 41.2 Å². The molecule has 0 bridgehead atoms. The van der Waals surface area contributed by atoms with Crippen molar-refractivity contribution in [1.29, 1.82) is 0 Å². The molecule has 0 saturated heterocycles. The van der Waals surface area contributed by atoms with E-state index >= 15 is 0 Å². The molecular weight excluding hydrogens is 209 g/mol. The second kappa shape index (κ2) is 6.02. The first-order chi connectivity index (χ1) is 7.63. The smallest absolute Gasteiger partial charge is 0.307 e. The van der Waals surface area contributed by atoms with Gasteiger partial charge in [-0.1, -0.05) is 18.2 Å². The maximum atomic E-state index is 13.2. The summed E-state index contributed by atoms with van der Waals surface area (Å²) < 4.78 is 13.2. The quantitative estimate of drug-likeness (QED) is 0.798. The number of nitrogens with one attached hydrogen (secondary N) is 1. The maximum absolute atomic E-state index is 13.2. The lowest BCUT2D eigenvalue weighted by Crippen LogP contribution is -2.04. The van der Waals surface area contributed by atoms with E-state index < -0.39 is 11.8 Å². The Labute approximate surface area is 93.6 Å². The first-order valence-electron chi connectivity index (χ1n) is 4.95. The van der Waals surface area contributed by atoms with Crippen LogP contribution < -0.4 is 5.32 Å². The van der Waals surface area contributed by atoms with Gasteiger partial charge in [-0.3, -0.25) is 4.79 Å². The Balaban J connectivity index is 2.84. The van der Waals surface area contributed by atoms with Crippen molar-refractivity contribution in [2.45, 2.75) is 6.42 Å². The van der Waals surface area contributed by atoms with Crippen LogP contribution in [-0.4, -0.2) is 24.7 Å². The molecule has 1 aromatic carbocycles. The van der Waals surface area contributed by atoms with Crippen molar-refractivity contribution in [2.24, 2.45) is 0 Å². The molecule has 3 nitrogen and oxygen atoms in total. The Morgan fingerprint density at radius 3 is 2.94 bits per heavy atom. The zero-order valence-corrected chi connectivity index (χ0v) is 9.03. The van der Waals surface area contributed by atoms with Crippen molar-refractivity contribution < 1.29 is 14.3 Å². The predicted octanol–water partition coefficient (Wildman–Crippen LogP) is 1.69. The molecule has 0 unspecified atom stereocenters. The lowest BCUT2D eigenvalue weighted by atomic mass is 10.1. The molecule has 0 heterocycles. The number of likely N-dealkylation sites (N-methyl/N-ethyl adjacent to an activating group) is 1. The monoisotopic (exact) mass is 223 g/mol. The van der Waals surface area contributed by atoms with Gasteiger partial charge in [0, 0.05) is 6.54 Å². The zero-order valence-electron chi connectivity index (χ0n) is 9.03. The molecule has 86 valence electrons. The van der Waals surface area contributed by atoms with E-state index in [-0.39, 0.29) is 12.0 Å². The molecule has 1 rings (SSSR count). The molecule has 2 N–H and O–H groups in total. The van der Waals surface area contributed by atoms with Gasteiger partial charge in [-0.05, 0) is 30.3 Å². The molecule has 0 aliphatic carbocycles. The summed E-state index contributed by atoms with van der Waals surface area (Å²) in [6.07, 6.45) is 3.42. The van der Waals surface area contributed by atoms with Gasteiger partial charge in [0.2, 0.25) is 0 Å². The SMILES string of the molecule is CNCC=Cc1ccc(F)c(CC(=O)O)c1. The van der Waals surface area contributed by atoms with Crippen LogP contribution in [0.3, 0.4) is 0 Å². The minimum atomic E-state index is -1.03. The lowest BCUT2D eigenvalue weighted by molar-refractivity contribution is -0.136. The van der Waals surface area contributed by atoms with Crippen LogP contribution in [0, 0.1) is 5.82 Å². The van der Waals surface area contributed by atoms with Crippen LogP contribution in [0.5, 0.6) is 0 Å². The fraction of sp³-hybridized carbons (Fsp3) is 0.250. The van der Waals surface area contributed by atoms with E-state index in [4.69, 9.17) is 5.11 Å². The standard InChI is InChI=1S/C12H14FNO2/c1-14-6-2-3-9-4-5-11(13)10(7-9)8-12(15)16/h2-5,7,14H,6,8H2,1H3,(H,15,16). The van der Waals surface area contributed by atoms with Gasteiger partial charge in [0.05, 0.1) is 6.42 Å². The number of hydrogen-bond acceptors (Lipinski definition) is 2. The van der Waals surface area contributed by atoms with E-state index in [1.807, 2.05) is 19.2 Å². The van der Waals surface area contributed by atoms with Crippen LogP contribution in [0.1, 0.15) is 11.1 Å². The molecule has 0 aliphatic heterocycles. The second-order valence-corrected chi connectivity index (χ2v) is 3.38. The molecular formula is C12H14FNO2. The molecule has 0 aromatic heterocycles. The Morgan fingerprint density at radius 2 is 2.31 bits per heavy atom. The summed E-state index contributed by atoms with van der Waals surface area (Å²) in [4.78, 5) is 10.5. The molecule has 16 heavy (non-hydrogen) atoms. The van der Waals surface area contributed by atoms with E-state index in [1.165, 1.54) is 6.07 Å². The van der Waals surface area contributed by atoms with Crippen molar-refractivity contribution >= 4 is 12.0 Å². The second-order valence-electron chi connectivity index (χ2n) is 3.38. The Kier molecular flexibility index (Phi) is 4.66. The summed E-state index contributed by atoms with van der Waals surface area (Å²) in [6.45, 7) is 0.714. The number of carbonyl (C=O) groups is 1. The summed E-state index contributed by atoms with van der Waals surface area (Å²) in [5, 5.41) is 11.5. The molecule has 0 saturated carbocycles. The van der Waals surface area contributed by atoms with Crippen LogP contribution >= 0.6 is 0 Å². The largest absolute Gasteiger partial charge is 0.481 e. The van der Waals surface area contributed by atoms with E-state index in [0.29, 0.717) is 6.54 Å². The first kappa shape index (κ1) is 12.4. The number of benzene rings is 1. The van der Waals surface area contributed by atoms with E-state index in [9.17, 15) is 9.18 Å². The van der Waals surface area contributed by atoms with Gasteiger partial charge in [0.25, 0.3) is 0 Å². The van der Waals surface area contributed by atoms with Crippen molar-refractivity contribution in [2.75, 3.05) is 13.6 Å². The molecule has 0 amide bonds. The molecule has 4 heteroatoms. The number of halogens is 1. The Morgan fingerprint density at radius 1 is 1.56 bits per heavy atom. The van der Waals surface area contributed by atoms with Crippen LogP contribution in [0.15, 0.2) is 24.3 Å². The number of carboxylic acid groups (broad SMARTS) is 1. The van der Waals surface area contributed by atoms with E-state index in [1.54, 1.807) is 12.1 Å². The first-order valence-corrected chi connectivity index (χ1v) is 4.95.